The highest BCUT2D eigenvalue weighted by Gasteiger charge is 2.22. The van der Waals surface area contributed by atoms with Crippen molar-refractivity contribution in [1.29, 1.82) is 0 Å². The standard InChI is InChI=1S/C24H24N2O2S.C2H7N.C2H6.2H2/c1-16(14-18-15-29-20-12-6-5-11-19(18)20)26-22-21(23(27)24(22)28)25-13-7-10-17-8-3-2-4-9-17;1-3-2;1-2;;/h2-6,8-9,11-12,15-16,25-26H,7,10,13-14H2,1H3;3H,1-2H3;1-2H3;2*1H/t16-;;;;/m1..../s1. The minimum atomic E-state index is -0.419. The molecule has 0 saturated heterocycles. The van der Waals surface area contributed by atoms with Gasteiger partial charge in [-0.15, -0.1) is 11.3 Å². The fraction of sp³-hybridized carbons (Fsp3) is 0.357. The molecule has 0 amide bonds. The summed E-state index contributed by atoms with van der Waals surface area (Å²) in [7, 11) is 3.75. The lowest BCUT2D eigenvalue weighted by atomic mass is 10.0. The van der Waals surface area contributed by atoms with Gasteiger partial charge in [0.15, 0.2) is 0 Å². The van der Waals surface area contributed by atoms with Gasteiger partial charge in [0, 0.05) is 20.1 Å². The molecule has 4 rings (SSSR count). The van der Waals surface area contributed by atoms with Gasteiger partial charge in [-0.1, -0.05) is 62.4 Å². The SMILES string of the molecule is CC.CNC.C[C@H](Cc1csc2ccccc12)Nc1c(NCCCc2ccccc2)c(=O)c1=O.[HH].[HH]. The van der Waals surface area contributed by atoms with Crippen molar-refractivity contribution in [1.82, 2.24) is 5.32 Å². The molecule has 3 aromatic carbocycles. The van der Waals surface area contributed by atoms with E-state index in [2.05, 4.69) is 45.6 Å². The van der Waals surface area contributed by atoms with Gasteiger partial charge in [-0.3, -0.25) is 9.59 Å². The Kier molecular flexibility index (Phi) is 11.5. The van der Waals surface area contributed by atoms with Gasteiger partial charge in [-0.05, 0) is 68.2 Å². The monoisotopic (exact) mass is 483 g/mol. The molecule has 0 fully saturated rings. The van der Waals surface area contributed by atoms with Crippen molar-refractivity contribution in [3.8, 4) is 0 Å². The number of anilines is 2. The molecule has 3 N–H and O–H groups in total. The second-order valence-corrected chi connectivity index (χ2v) is 8.84. The molecule has 4 aromatic rings. The van der Waals surface area contributed by atoms with Gasteiger partial charge in [0.1, 0.15) is 11.4 Å². The topological polar surface area (TPSA) is 70.2 Å². The Bertz CT molecular complexity index is 1200. The van der Waals surface area contributed by atoms with Crippen LogP contribution in [0.25, 0.3) is 10.1 Å². The van der Waals surface area contributed by atoms with E-state index in [4.69, 9.17) is 0 Å². The van der Waals surface area contributed by atoms with Gasteiger partial charge >= 0.3 is 0 Å². The van der Waals surface area contributed by atoms with Gasteiger partial charge in [-0.2, -0.15) is 0 Å². The van der Waals surface area contributed by atoms with Crippen LogP contribution >= 0.6 is 11.3 Å². The summed E-state index contributed by atoms with van der Waals surface area (Å²) in [6.45, 7) is 6.71. The maximum atomic E-state index is 12.1. The minimum absolute atomic E-state index is 0. The first kappa shape index (κ1) is 27.3. The van der Waals surface area contributed by atoms with Crippen LogP contribution in [0.1, 0.15) is 41.2 Å². The molecule has 6 heteroatoms. The summed E-state index contributed by atoms with van der Waals surface area (Å²) < 4.78 is 1.27. The average molecular weight is 484 g/mol. The van der Waals surface area contributed by atoms with E-state index in [-0.39, 0.29) is 8.90 Å². The number of thiophene rings is 1. The molecule has 1 atom stereocenters. The number of aryl methyl sites for hydroxylation is 1. The summed E-state index contributed by atoms with van der Waals surface area (Å²) in [6, 6.07) is 18.7. The van der Waals surface area contributed by atoms with E-state index in [0.717, 1.165) is 19.3 Å². The number of benzene rings is 2. The molecule has 186 valence electrons. The first-order chi connectivity index (χ1) is 16.5. The van der Waals surface area contributed by atoms with Crippen LogP contribution in [0.3, 0.4) is 0 Å². The van der Waals surface area contributed by atoms with Gasteiger partial charge in [0.05, 0.1) is 0 Å². The average Bonchev–Trinajstić information content (AvgIpc) is 3.27. The highest BCUT2D eigenvalue weighted by molar-refractivity contribution is 7.17. The van der Waals surface area contributed by atoms with Gasteiger partial charge in [0.25, 0.3) is 10.9 Å². The third-order valence-corrected chi connectivity index (χ3v) is 6.19. The van der Waals surface area contributed by atoms with Gasteiger partial charge < -0.3 is 16.0 Å². The van der Waals surface area contributed by atoms with Crippen molar-refractivity contribution in [3.05, 3.63) is 91.6 Å². The molecule has 1 aromatic heterocycles. The maximum Gasteiger partial charge on any atom is 0.253 e. The van der Waals surface area contributed by atoms with Crippen LogP contribution < -0.4 is 26.8 Å². The van der Waals surface area contributed by atoms with Crippen LogP contribution in [-0.2, 0) is 12.8 Å². The molecule has 0 spiro atoms. The van der Waals surface area contributed by atoms with E-state index >= 15 is 0 Å². The third-order valence-electron chi connectivity index (χ3n) is 5.18. The molecule has 0 saturated carbocycles. The summed E-state index contributed by atoms with van der Waals surface area (Å²) in [5.74, 6) is 0. The fourth-order valence-electron chi connectivity index (χ4n) is 3.67. The van der Waals surface area contributed by atoms with Crippen LogP contribution in [0, 0.1) is 0 Å². The number of nitrogens with one attached hydrogen (secondary N) is 3. The molecule has 1 heterocycles. The lowest BCUT2D eigenvalue weighted by molar-refractivity contribution is 0.792. The highest BCUT2D eigenvalue weighted by Crippen LogP contribution is 2.27. The van der Waals surface area contributed by atoms with Crippen LogP contribution in [0.2, 0.25) is 0 Å². The molecular formula is C28H41N3O2S. The van der Waals surface area contributed by atoms with Crippen LogP contribution in [-0.4, -0.2) is 26.7 Å². The van der Waals surface area contributed by atoms with Crippen molar-refractivity contribution >= 4 is 32.8 Å². The Balaban J connectivity index is 0.00000163. The largest absolute Gasteiger partial charge is 0.380 e. The fourth-order valence-corrected chi connectivity index (χ4v) is 4.64. The van der Waals surface area contributed by atoms with Crippen LogP contribution in [0.5, 0.6) is 0 Å². The molecule has 0 aliphatic carbocycles. The summed E-state index contributed by atoms with van der Waals surface area (Å²) in [5, 5.41) is 12.6. The molecule has 0 unspecified atom stereocenters. The van der Waals surface area contributed by atoms with E-state index in [1.54, 1.807) is 11.3 Å². The highest BCUT2D eigenvalue weighted by atomic mass is 32.1. The Hall–Kier alpha value is -2.96. The molecule has 0 aliphatic heterocycles. The molecule has 5 nitrogen and oxygen atoms in total. The molecule has 0 radical (unpaired) electrons. The minimum Gasteiger partial charge on any atom is -0.380 e. The number of rotatable bonds is 9. The first-order valence-electron chi connectivity index (χ1n) is 12.0. The van der Waals surface area contributed by atoms with Crippen molar-refractivity contribution in [2.75, 3.05) is 31.3 Å². The predicted octanol–water partition coefficient (Wildman–Crippen LogP) is 5.94. The Morgan fingerprint density at radius 1 is 0.912 bits per heavy atom. The van der Waals surface area contributed by atoms with Crippen molar-refractivity contribution < 1.29 is 2.85 Å². The smallest absolute Gasteiger partial charge is 0.253 e. The quantitative estimate of drug-likeness (QED) is 0.203. The summed E-state index contributed by atoms with van der Waals surface area (Å²) in [5.41, 5.74) is 2.57. The van der Waals surface area contributed by atoms with E-state index in [1.807, 2.05) is 65.2 Å². The lowest BCUT2D eigenvalue weighted by Crippen LogP contribution is -2.39. The second kappa shape index (κ2) is 14.3. The normalized spacial score (nSPS) is 11.2. The maximum absolute atomic E-state index is 12.1. The zero-order chi connectivity index (χ0) is 24.9. The van der Waals surface area contributed by atoms with Crippen molar-refractivity contribution in [2.24, 2.45) is 0 Å². The van der Waals surface area contributed by atoms with Crippen LogP contribution in [0.4, 0.5) is 11.4 Å². The van der Waals surface area contributed by atoms with E-state index in [9.17, 15) is 9.59 Å². The second-order valence-electron chi connectivity index (χ2n) is 7.93. The van der Waals surface area contributed by atoms with E-state index in [0.29, 0.717) is 17.9 Å². The number of fused-ring (bicyclic) bond motifs is 1. The summed E-state index contributed by atoms with van der Waals surface area (Å²) in [6.07, 6.45) is 2.64. The van der Waals surface area contributed by atoms with Gasteiger partial charge in [-0.25, -0.2) is 0 Å². The number of hydrogen-bond donors (Lipinski definition) is 3. The third kappa shape index (κ3) is 7.27. The lowest BCUT2D eigenvalue weighted by Gasteiger charge is -2.19. The zero-order valence-corrected chi connectivity index (χ0v) is 21.7. The van der Waals surface area contributed by atoms with E-state index in [1.165, 1.54) is 21.2 Å². The molecule has 0 bridgehead atoms. The van der Waals surface area contributed by atoms with Gasteiger partial charge in [0.2, 0.25) is 0 Å². The molecule has 0 aliphatic rings. The number of hydrogen-bond acceptors (Lipinski definition) is 6. The van der Waals surface area contributed by atoms with Crippen molar-refractivity contribution in [3.63, 3.8) is 0 Å². The summed E-state index contributed by atoms with van der Waals surface area (Å²) in [4.78, 5) is 24.1. The zero-order valence-electron chi connectivity index (χ0n) is 20.9. The Morgan fingerprint density at radius 2 is 1.53 bits per heavy atom. The molecule has 34 heavy (non-hydrogen) atoms. The van der Waals surface area contributed by atoms with Crippen LogP contribution in [0.15, 0.2) is 69.6 Å². The first-order valence-corrected chi connectivity index (χ1v) is 12.8. The predicted molar refractivity (Wildman–Crippen MR) is 154 cm³/mol. The van der Waals surface area contributed by atoms with Crippen molar-refractivity contribution in [2.45, 2.75) is 46.1 Å². The van der Waals surface area contributed by atoms with E-state index < -0.39 is 10.9 Å². The summed E-state index contributed by atoms with van der Waals surface area (Å²) >= 11 is 1.73. The Labute approximate surface area is 209 Å². The molecular weight excluding hydrogens is 442 g/mol. The Morgan fingerprint density at radius 3 is 2.24 bits per heavy atom.